The van der Waals surface area contributed by atoms with Crippen LogP contribution in [0.4, 0.5) is 0 Å². The Kier molecular flexibility index (Phi) is 1.29. The molecule has 0 spiro atoms. The second kappa shape index (κ2) is 2.27. The van der Waals surface area contributed by atoms with Crippen molar-refractivity contribution in [2.75, 3.05) is 0 Å². The second-order valence-electron chi connectivity index (χ2n) is 1.87. The number of H-pyrrole nitrogens is 1. The van der Waals surface area contributed by atoms with Crippen LogP contribution in [0.1, 0.15) is 0 Å². The molecule has 2 aromatic heterocycles. The van der Waals surface area contributed by atoms with Gasteiger partial charge in [-0.3, -0.25) is 5.10 Å². The highest BCUT2D eigenvalue weighted by molar-refractivity contribution is 7.13. The van der Waals surface area contributed by atoms with Crippen LogP contribution in [0.25, 0.3) is 10.6 Å². The van der Waals surface area contributed by atoms with Crippen LogP contribution in [-0.2, 0) is 0 Å². The number of hydrogen-bond acceptors (Lipinski definition) is 2. The lowest BCUT2D eigenvalue weighted by Crippen LogP contribution is -1.69. The molecule has 0 bridgehead atoms. The Balaban J connectivity index is 2.48. The first-order chi connectivity index (χ1) is 4.97. The predicted molar refractivity (Wildman–Crippen MR) is 40.7 cm³/mol. The van der Waals surface area contributed by atoms with Gasteiger partial charge in [-0.2, -0.15) is 5.10 Å². The summed E-state index contributed by atoms with van der Waals surface area (Å²) in [6, 6.07) is 7.03. The van der Waals surface area contributed by atoms with E-state index in [1.165, 1.54) is 4.88 Å². The molecule has 1 radical (unpaired) electrons. The van der Waals surface area contributed by atoms with Crippen molar-refractivity contribution >= 4 is 11.3 Å². The van der Waals surface area contributed by atoms with Crippen LogP contribution in [0, 0.1) is 6.07 Å². The van der Waals surface area contributed by atoms with E-state index in [1.807, 2.05) is 17.5 Å². The minimum Gasteiger partial charge on any atom is -0.276 e. The van der Waals surface area contributed by atoms with Gasteiger partial charge in [0.2, 0.25) is 0 Å². The Hall–Kier alpha value is -1.09. The van der Waals surface area contributed by atoms with Gasteiger partial charge in [0.15, 0.2) is 0 Å². The molecule has 0 aliphatic carbocycles. The number of thiophene rings is 1. The summed E-state index contributed by atoms with van der Waals surface area (Å²) < 4.78 is 0. The third kappa shape index (κ3) is 0.844. The molecule has 1 N–H and O–H groups in total. The van der Waals surface area contributed by atoms with Gasteiger partial charge in [-0.05, 0) is 11.4 Å². The maximum absolute atomic E-state index is 3.80. The molecular weight excluding hydrogens is 144 g/mol. The van der Waals surface area contributed by atoms with Gasteiger partial charge >= 0.3 is 0 Å². The average molecular weight is 149 g/mol. The fourth-order valence-electron chi connectivity index (χ4n) is 0.773. The Morgan fingerprint density at radius 1 is 1.60 bits per heavy atom. The van der Waals surface area contributed by atoms with E-state index in [-0.39, 0.29) is 0 Å². The molecule has 10 heavy (non-hydrogen) atoms. The molecule has 3 heteroatoms. The largest absolute Gasteiger partial charge is 0.276 e. The lowest BCUT2D eigenvalue weighted by Gasteiger charge is -1.84. The standard InChI is InChI=1S/C7H5N2S/c1-2-7(10-5-1)6-3-4-8-9-6/h1-2,4-5H,(H,8,9). The van der Waals surface area contributed by atoms with Crippen molar-refractivity contribution in [2.45, 2.75) is 0 Å². The Labute approximate surface area is 62.5 Å². The number of hydrogen-bond donors (Lipinski definition) is 1. The molecule has 0 aromatic carbocycles. The van der Waals surface area contributed by atoms with Gasteiger partial charge < -0.3 is 0 Å². The molecule has 0 aliphatic heterocycles. The van der Waals surface area contributed by atoms with Crippen molar-refractivity contribution in [1.82, 2.24) is 10.2 Å². The molecule has 49 valence electrons. The summed E-state index contributed by atoms with van der Waals surface area (Å²) in [5.74, 6) is 0. The molecule has 0 saturated heterocycles. The molecule has 2 rings (SSSR count). The van der Waals surface area contributed by atoms with Crippen LogP contribution in [0.3, 0.4) is 0 Å². The Bertz CT molecular complexity index is 251. The number of aromatic amines is 1. The summed E-state index contributed by atoms with van der Waals surface area (Å²) in [6.45, 7) is 0. The van der Waals surface area contributed by atoms with E-state index in [1.54, 1.807) is 17.5 Å². The first-order valence-electron chi connectivity index (χ1n) is 2.92. The molecule has 2 heterocycles. The Morgan fingerprint density at radius 3 is 3.20 bits per heavy atom. The monoisotopic (exact) mass is 149 g/mol. The summed E-state index contributed by atoms with van der Waals surface area (Å²) in [6.07, 6.45) is 1.63. The van der Waals surface area contributed by atoms with E-state index >= 15 is 0 Å². The zero-order valence-corrected chi connectivity index (χ0v) is 5.98. The summed E-state index contributed by atoms with van der Waals surface area (Å²) in [4.78, 5) is 1.18. The third-order valence-electron chi connectivity index (χ3n) is 1.22. The highest BCUT2D eigenvalue weighted by Gasteiger charge is 1.96. The number of nitrogens with one attached hydrogen (secondary N) is 1. The molecular formula is C7H5N2S. The van der Waals surface area contributed by atoms with E-state index in [2.05, 4.69) is 16.3 Å². The van der Waals surface area contributed by atoms with Gasteiger partial charge in [0, 0.05) is 6.07 Å². The van der Waals surface area contributed by atoms with Gasteiger partial charge in [0.25, 0.3) is 0 Å². The lowest BCUT2D eigenvalue weighted by molar-refractivity contribution is 1.10. The van der Waals surface area contributed by atoms with E-state index < -0.39 is 0 Å². The second-order valence-corrected chi connectivity index (χ2v) is 2.81. The van der Waals surface area contributed by atoms with Gasteiger partial charge in [-0.25, -0.2) is 0 Å². The van der Waals surface area contributed by atoms with Crippen LogP contribution in [0.15, 0.2) is 23.7 Å². The third-order valence-corrected chi connectivity index (χ3v) is 2.10. The highest BCUT2D eigenvalue weighted by atomic mass is 32.1. The molecule has 0 saturated carbocycles. The van der Waals surface area contributed by atoms with Crippen LogP contribution < -0.4 is 0 Å². The summed E-state index contributed by atoms with van der Waals surface area (Å²) in [5.41, 5.74) is 0.968. The van der Waals surface area contributed by atoms with Crippen molar-refractivity contribution in [3.63, 3.8) is 0 Å². The fraction of sp³-hybridized carbons (Fsp3) is 0. The number of aromatic nitrogens is 2. The highest BCUT2D eigenvalue weighted by Crippen LogP contribution is 2.20. The van der Waals surface area contributed by atoms with E-state index in [4.69, 9.17) is 0 Å². The summed E-state index contributed by atoms with van der Waals surface area (Å²) in [7, 11) is 0. The zero-order chi connectivity index (χ0) is 6.81. The minimum atomic E-state index is 0.968. The van der Waals surface area contributed by atoms with Crippen molar-refractivity contribution < 1.29 is 0 Å². The topological polar surface area (TPSA) is 28.7 Å². The number of nitrogens with zero attached hydrogens (tertiary/aromatic N) is 1. The van der Waals surface area contributed by atoms with E-state index in [9.17, 15) is 0 Å². The van der Waals surface area contributed by atoms with Crippen LogP contribution >= 0.6 is 11.3 Å². The smallest absolute Gasteiger partial charge is 0.0829 e. The van der Waals surface area contributed by atoms with Gasteiger partial charge in [-0.15, -0.1) is 11.3 Å². The van der Waals surface area contributed by atoms with Crippen molar-refractivity contribution in [3.05, 3.63) is 29.8 Å². The van der Waals surface area contributed by atoms with Gasteiger partial charge in [0.05, 0.1) is 16.8 Å². The van der Waals surface area contributed by atoms with E-state index in [0.29, 0.717) is 0 Å². The molecule has 0 aliphatic rings. The fourth-order valence-corrected chi connectivity index (χ4v) is 1.46. The van der Waals surface area contributed by atoms with Crippen LogP contribution in [0.5, 0.6) is 0 Å². The SMILES string of the molecule is [c]1cn[nH]c1-c1cccs1. The maximum atomic E-state index is 3.80. The first kappa shape index (κ1) is 5.68. The summed E-state index contributed by atoms with van der Waals surface area (Å²) >= 11 is 1.68. The molecule has 0 atom stereocenters. The van der Waals surface area contributed by atoms with Crippen LogP contribution in [0.2, 0.25) is 0 Å². The van der Waals surface area contributed by atoms with Crippen molar-refractivity contribution in [2.24, 2.45) is 0 Å². The zero-order valence-electron chi connectivity index (χ0n) is 5.16. The predicted octanol–water partition coefficient (Wildman–Crippen LogP) is 1.94. The molecule has 0 unspecified atom stereocenters. The maximum Gasteiger partial charge on any atom is 0.0829 e. The Morgan fingerprint density at radius 2 is 2.60 bits per heavy atom. The molecule has 2 nitrogen and oxygen atoms in total. The van der Waals surface area contributed by atoms with Crippen molar-refractivity contribution in [1.29, 1.82) is 0 Å². The van der Waals surface area contributed by atoms with Gasteiger partial charge in [-0.1, -0.05) is 6.07 Å². The summed E-state index contributed by atoms with van der Waals surface area (Å²) in [5, 5.41) is 8.68. The van der Waals surface area contributed by atoms with Crippen LogP contribution in [-0.4, -0.2) is 10.2 Å². The molecule has 0 fully saturated rings. The van der Waals surface area contributed by atoms with Crippen molar-refractivity contribution in [3.8, 4) is 10.6 Å². The molecule has 2 aromatic rings. The molecule has 0 amide bonds. The normalized spacial score (nSPS) is 10.0. The lowest BCUT2D eigenvalue weighted by atomic mass is 10.4. The average Bonchev–Trinajstić information content (AvgIpc) is 2.59. The minimum absolute atomic E-state index is 0.968. The van der Waals surface area contributed by atoms with E-state index in [0.717, 1.165) is 5.69 Å². The quantitative estimate of drug-likeness (QED) is 0.659. The number of rotatable bonds is 1. The first-order valence-corrected chi connectivity index (χ1v) is 3.80. The van der Waals surface area contributed by atoms with Gasteiger partial charge in [0.1, 0.15) is 0 Å².